The molecule has 1 heterocycles. The third-order valence-corrected chi connectivity index (χ3v) is 1.90. The Hall–Kier alpha value is -0.820. The number of carbonyl (C=O) groups excluding carboxylic acids is 1. The van der Waals surface area contributed by atoms with Crippen LogP contribution in [0.5, 0.6) is 0 Å². The van der Waals surface area contributed by atoms with Crippen molar-refractivity contribution in [2.75, 3.05) is 26.2 Å². The first-order valence-corrected chi connectivity index (χ1v) is 4.63. The van der Waals surface area contributed by atoms with Gasteiger partial charge in [-0.05, 0) is 0 Å². The monoisotopic (exact) mass is 226 g/mol. The number of hydrogen-bond acceptors (Lipinski definition) is 3. The van der Waals surface area contributed by atoms with Crippen LogP contribution in [0.1, 0.15) is 6.42 Å². The van der Waals surface area contributed by atoms with Gasteiger partial charge in [0.15, 0.2) is 0 Å². The van der Waals surface area contributed by atoms with Crippen molar-refractivity contribution in [3.63, 3.8) is 0 Å². The number of rotatable bonds is 3. The zero-order valence-corrected chi connectivity index (χ0v) is 8.06. The molecule has 15 heavy (non-hydrogen) atoms. The zero-order chi connectivity index (χ0) is 11.3. The lowest BCUT2D eigenvalue weighted by atomic mass is 10.2. The van der Waals surface area contributed by atoms with Crippen LogP contribution in [0.25, 0.3) is 0 Å². The van der Waals surface area contributed by atoms with E-state index < -0.39 is 18.6 Å². The predicted molar refractivity (Wildman–Crippen MR) is 46.3 cm³/mol. The van der Waals surface area contributed by atoms with E-state index in [9.17, 15) is 18.0 Å². The van der Waals surface area contributed by atoms with Gasteiger partial charge >= 0.3 is 6.18 Å². The van der Waals surface area contributed by atoms with E-state index in [1.54, 1.807) is 5.32 Å². The average molecular weight is 226 g/mol. The molecule has 88 valence electrons. The zero-order valence-electron chi connectivity index (χ0n) is 8.06. The highest BCUT2D eigenvalue weighted by atomic mass is 19.4. The molecule has 0 bridgehead atoms. The summed E-state index contributed by atoms with van der Waals surface area (Å²) in [6, 6.07) is 0. The van der Waals surface area contributed by atoms with Crippen LogP contribution in [0.4, 0.5) is 13.2 Å². The standard InChI is InChI=1S/C8H13F3N2O2/c9-8(10,11)5-13-7(14)3-6-4-12-1-2-15-6/h6,12H,1-5H2,(H,13,14). The topological polar surface area (TPSA) is 50.4 Å². The van der Waals surface area contributed by atoms with Crippen LogP contribution in [-0.4, -0.2) is 44.4 Å². The van der Waals surface area contributed by atoms with E-state index in [4.69, 9.17) is 4.74 Å². The van der Waals surface area contributed by atoms with Crippen molar-refractivity contribution in [1.82, 2.24) is 10.6 Å². The van der Waals surface area contributed by atoms with Crippen molar-refractivity contribution < 1.29 is 22.7 Å². The maximum Gasteiger partial charge on any atom is 0.405 e. The Morgan fingerprint density at radius 3 is 2.80 bits per heavy atom. The molecule has 0 aromatic heterocycles. The number of carbonyl (C=O) groups is 1. The summed E-state index contributed by atoms with van der Waals surface area (Å²) < 4.78 is 40.4. The van der Waals surface area contributed by atoms with Crippen molar-refractivity contribution in [3.05, 3.63) is 0 Å². The largest absolute Gasteiger partial charge is 0.405 e. The van der Waals surface area contributed by atoms with E-state index in [1.165, 1.54) is 0 Å². The van der Waals surface area contributed by atoms with Gasteiger partial charge in [-0.25, -0.2) is 0 Å². The molecule has 1 unspecified atom stereocenters. The van der Waals surface area contributed by atoms with E-state index in [2.05, 4.69) is 5.32 Å². The average Bonchev–Trinajstić information content (AvgIpc) is 2.15. The first-order valence-electron chi connectivity index (χ1n) is 4.63. The fourth-order valence-electron chi connectivity index (χ4n) is 1.23. The number of morpholine rings is 1. The fourth-order valence-corrected chi connectivity index (χ4v) is 1.23. The number of nitrogens with one attached hydrogen (secondary N) is 2. The van der Waals surface area contributed by atoms with E-state index in [0.29, 0.717) is 19.7 Å². The summed E-state index contributed by atoms with van der Waals surface area (Å²) in [6.07, 6.45) is -4.73. The van der Waals surface area contributed by atoms with Gasteiger partial charge in [-0.15, -0.1) is 0 Å². The number of amides is 1. The highest BCUT2D eigenvalue weighted by Crippen LogP contribution is 2.12. The molecule has 0 aliphatic carbocycles. The Kier molecular flexibility index (Phi) is 4.34. The minimum atomic E-state index is -4.36. The molecule has 1 saturated heterocycles. The minimum absolute atomic E-state index is 0.0386. The van der Waals surface area contributed by atoms with Crippen molar-refractivity contribution in [2.45, 2.75) is 18.7 Å². The molecule has 1 fully saturated rings. The van der Waals surface area contributed by atoms with Crippen LogP contribution in [0.3, 0.4) is 0 Å². The SMILES string of the molecule is O=C(CC1CNCCO1)NCC(F)(F)F. The molecule has 2 N–H and O–H groups in total. The van der Waals surface area contributed by atoms with E-state index in [1.807, 2.05) is 0 Å². The summed E-state index contributed by atoms with van der Waals surface area (Å²) >= 11 is 0. The second-order valence-corrected chi connectivity index (χ2v) is 3.29. The Labute approximate surface area is 85.2 Å². The third kappa shape index (κ3) is 5.58. The molecule has 1 rings (SSSR count). The second kappa shape index (κ2) is 5.32. The van der Waals surface area contributed by atoms with Gasteiger partial charge in [0.25, 0.3) is 0 Å². The summed E-state index contributed by atoms with van der Waals surface area (Å²) in [5, 5.41) is 4.78. The van der Waals surface area contributed by atoms with E-state index >= 15 is 0 Å². The third-order valence-electron chi connectivity index (χ3n) is 1.90. The molecule has 1 amide bonds. The van der Waals surface area contributed by atoms with Crippen LogP contribution in [0.15, 0.2) is 0 Å². The molecule has 1 atom stereocenters. The van der Waals surface area contributed by atoms with E-state index in [-0.39, 0.29) is 12.5 Å². The fraction of sp³-hybridized carbons (Fsp3) is 0.875. The van der Waals surface area contributed by atoms with E-state index in [0.717, 1.165) is 0 Å². The molecular weight excluding hydrogens is 213 g/mol. The van der Waals surface area contributed by atoms with Crippen molar-refractivity contribution in [3.8, 4) is 0 Å². The first kappa shape index (κ1) is 12.3. The van der Waals surface area contributed by atoms with Gasteiger partial charge in [-0.2, -0.15) is 13.2 Å². The molecule has 0 aromatic carbocycles. The second-order valence-electron chi connectivity index (χ2n) is 3.29. The highest BCUT2D eigenvalue weighted by molar-refractivity contribution is 5.76. The summed E-state index contributed by atoms with van der Waals surface area (Å²) in [5.41, 5.74) is 0. The van der Waals surface area contributed by atoms with Crippen LogP contribution >= 0.6 is 0 Å². The van der Waals surface area contributed by atoms with Crippen molar-refractivity contribution in [2.24, 2.45) is 0 Å². The molecule has 1 aliphatic rings. The molecule has 0 saturated carbocycles. The van der Waals surface area contributed by atoms with Gasteiger partial charge in [-0.3, -0.25) is 4.79 Å². The molecular formula is C8H13F3N2O2. The van der Waals surface area contributed by atoms with Gasteiger partial charge in [0.1, 0.15) is 6.54 Å². The molecule has 4 nitrogen and oxygen atoms in total. The highest BCUT2D eigenvalue weighted by Gasteiger charge is 2.28. The number of halogens is 3. The Bertz CT molecular complexity index is 214. The van der Waals surface area contributed by atoms with Crippen molar-refractivity contribution >= 4 is 5.91 Å². The summed E-state index contributed by atoms with van der Waals surface area (Å²) in [5.74, 6) is -0.638. The Balaban J connectivity index is 2.17. The lowest BCUT2D eigenvalue weighted by Gasteiger charge is -2.23. The van der Waals surface area contributed by atoms with Gasteiger partial charge in [0, 0.05) is 13.1 Å². The number of hydrogen-bond donors (Lipinski definition) is 2. The first-order chi connectivity index (χ1) is 6.97. The minimum Gasteiger partial charge on any atom is -0.375 e. The predicted octanol–water partition coefficient (Wildman–Crippen LogP) is 0.0434. The smallest absolute Gasteiger partial charge is 0.375 e. The Morgan fingerprint density at radius 1 is 1.53 bits per heavy atom. The maximum absolute atomic E-state index is 11.7. The van der Waals surface area contributed by atoms with Gasteiger partial charge in [0.2, 0.25) is 5.91 Å². The molecule has 0 radical (unpaired) electrons. The summed E-state index contributed by atoms with van der Waals surface area (Å²) in [7, 11) is 0. The molecule has 7 heteroatoms. The lowest BCUT2D eigenvalue weighted by molar-refractivity contribution is -0.140. The Morgan fingerprint density at radius 2 is 2.27 bits per heavy atom. The van der Waals surface area contributed by atoms with Crippen molar-refractivity contribution in [1.29, 1.82) is 0 Å². The van der Waals surface area contributed by atoms with Crippen LogP contribution in [0.2, 0.25) is 0 Å². The van der Waals surface area contributed by atoms with Crippen LogP contribution in [0, 0.1) is 0 Å². The van der Waals surface area contributed by atoms with Gasteiger partial charge in [0.05, 0.1) is 19.1 Å². The summed E-state index contributed by atoms with van der Waals surface area (Å²) in [4.78, 5) is 11.0. The molecule has 0 spiro atoms. The summed E-state index contributed by atoms with van der Waals surface area (Å²) in [6.45, 7) is 0.406. The quantitative estimate of drug-likeness (QED) is 0.714. The number of ether oxygens (including phenoxy) is 1. The van der Waals surface area contributed by atoms with Gasteiger partial charge in [-0.1, -0.05) is 0 Å². The normalized spacial score (nSPS) is 22.5. The van der Waals surface area contributed by atoms with Crippen LogP contribution < -0.4 is 10.6 Å². The van der Waals surface area contributed by atoms with Gasteiger partial charge < -0.3 is 15.4 Å². The number of alkyl halides is 3. The molecule has 0 aromatic rings. The molecule has 1 aliphatic heterocycles. The van der Waals surface area contributed by atoms with Crippen LogP contribution in [-0.2, 0) is 9.53 Å². The maximum atomic E-state index is 11.7. The lowest BCUT2D eigenvalue weighted by Crippen LogP contribution is -2.42.